The molecule has 0 radical (unpaired) electrons. The van der Waals surface area contributed by atoms with E-state index in [0.717, 1.165) is 34.4 Å². The lowest BCUT2D eigenvalue weighted by Crippen LogP contribution is -2.46. The molecule has 0 aliphatic carbocycles. The van der Waals surface area contributed by atoms with E-state index in [2.05, 4.69) is 18.4 Å². The Bertz CT molecular complexity index is 1980. The molecule has 4 aromatic rings. The fraction of sp³-hybridized carbons (Fsp3) is 0.450. The van der Waals surface area contributed by atoms with Crippen LogP contribution >= 0.6 is 0 Å². The van der Waals surface area contributed by atoms with Crippen LogP contribution in [0.25, 0.3) is 33.6 Å². The number of anilines is 1. The molecule has 0 unspecified atom stereocenters. The molecule has 1 saturated heterocycles. The lowest BCUT2D eigenvalue weighted by Gasteiger charge is -2.42. The Hall–Kier alpha value is -4.32. The predicted molar refractivity (Wildman–Crippen MR) is 193 cm³/mol. The quantitative estimate of drug-likeness (QED) is 0.212. The van der Waals surface area contributed by atoms with Gasteiger partial charge in [-0.1, -0.05) is 24.8 Å². The second kappa shape index (κ2) is 14.0. The van der Waals surface area contributed by atoms with Crippen LogP contribution in [0.2, 0.25) is 0 Å². The van der Waals surface area contributed by atoms with Crippen molar-refractivity contribution < 1.29 is 37.6 Å². The topological polar surface area (TPSA) is 94.8 Å². The lowest BCUT2D eigenvalue weighted by molar-refractivity contribution is -0.160. The Kier molecular flexibility index (Phi) is 10.0. The van der Waals surface area contributed by atoms with Crippen LogP contribution in [0.15, 0.2) is 49.2 Å². The van der Waals surface area contributed by atoms with Crippen molar-refractivity contribution in [3.63, 3.8) is 0 Å². The van der Waals surface area contributed by atoms with Gasteiger partial charge in [0.15, 0.2) is 17.7 Å². The third kappa shape index (κ3) is 7.52. The fourth-order valence-corrected chi connectivity index (χ4v) is 7.07. The summed E-state index contributed by atoms with van der Waals surface area (Å²) in [4.78, 5) is 20.4. The molecule has 5 heterocycles. The van der Waals surface area contributed by atoms with Crippen LogP contribution in [0.4, 0.5) is 14.6 Å². The van der Waals surface area contributed by atoms with Crippen LogP contribution < -0.4 is 9.64 Å². The highest BCUT2D eigenvalue weighted by atomic mass is 19.2. The maximum atomic E-state index is 14.7. The van der Waals surface area contributed by atoms with Crippen molar-refractivity contribution in [1.82, 2.24) is 9.38 Å². The molecule has 3 aliphatic rings. The summed E-state index contributed by atoms with van der Waals surface area (Å²) in [6, 6.07) is 9.60. The van der Waals surface area contributed by atoms with E-state index in [-0.39, 0.29) is 12.4 Å². The first-order valence-electron chi connectivity index (χ1n) is 17.4. The maximum absolute atomic E-state index is 14.7. The minimum Gasteiger partial charge on any atom is -0.488 e. The van der Waals surface area contributed by atoms with Crippen molar-refractivity contribution in [3.05, 3.63) is 77.5 Å². The first-order chi connectivity index (χ1) is 24.0. The molecule has 1 N–H and O–H groups in total. The van der Waals surface area contributed by atoms with Gasteiger partial charge in [-0.25, -0.2) is 18.6 Å². The summed E-state index contributed by atoms with van der Waals surface area (Å²) in [5, 5.41) is 10.7. The Morgan fingerprint density at radius 2 is 1.80 bits per heavy atom. The molecule has 0 spiro atoms. The average Bonchev–Trinajstić information content (AvgIpc) is 3.49. The fourth-order valence-electron chi connectivity index (χ4n) is 7.07. The molecule has 11 heteroatoms. The number of hydrogen-bond donors (Lipinski definition) is 1. The lowest BCUT2D eigenvalue weighted by atomic mass is 9.91. The molecule has 9 nitrogen and oxygen atoms in total. The third-order valence-electron chi connectivity index (χ3n) is 9.53. The number of piperidine rings is 1. The number of nitrogens with zero attached hydrogens (tertiary/aromatic N) is 3. The minimum absolute atomic E-state index is 0.186. The van der Waals surface area contributed by atoms with Gasteiger partial charge in [0.25, 0.3) is 0 Å². The van der Waals surface area contributed by atoms with Gasteiger partial charge < -0.3 is 29.0 Å². The molecule has 3 aliphatic heterocycles. The zero-order valence-electron chi connectivity index (χ0n) is 30.4. The molecule has 2 aromatic carbocycles. The van der Waals surface area contributed by atoms with Crippen LogP contribution in [0.3, 0.4) is 0 Å². The summed E-state index contributed by atoms with van der Waals surface area (Å²) in [6.07, 6.45) is 1.55. The van der Waals surface area contributed by atoms with Crippen LogP contribution in [0, 0.1) is 18.6 Å². The van der Waals surface area contributed by atoms with E-state index in [0.29, 0.717) is 73.0 Å². The van der Waals surface area contributed by atoms with Gasteiger partial charge in [-0.2, -0.15) is 0 Å². The first kappa shape index (κ1) is 36.5. The van der Waals surface area contributed by atoms with Crippen molar-refractivity contribution in [2.24, 2.45) is 0 Å². The molecule has 2 atom stereocenters. The summed E-state index contributed by atoms with van der Waals surface area (Å²) in [6.45, 7) is 19.6. The minimum atomic E-state index is -1.28. The number of hydrogen-bond acceptors (Lipinski definition) is 7. The number of pyridine rings is 1. The summed E-state index contributed by atoms with van der Waals surface area (Å²) in [7, 11) is 0. The second-order valence-corrected chi connectivity index (χ2v) is 14.9. The number of carboxylic acids is 1. The number of fused-ring (bicyclic) bond motifs is 8. The molecule has 7 rings (SSSR count). The number of benzene rings is 2. The van der Waals surface area contributed by atoms with Crippen molar-refractivity contribution in [2.75, 3.05) is 37.8 Å². The normalized spacial score (nSPS) is 20.6. The zero-order chi connectivity index (χ0) is 36.8. The monoisotopic (exact) mass is 703 g/mol. The molecule has 0 amide bonds. The van der Waals surface area contributed by atoms with Crippen LogP contribution in [0.1, 0.15) is 77.2 Å². The number of ether oxygens (including phenoxy) is 4. The Balaban J connectivity index is 1.62. The van der Waals surface area contributed by atoms with Gasteiger partial charge in [-0.3, -0.25) is 4.40 Å². The van der Waals surface area contributed by atoms with Crippen molar-refractivity contribution in [1.29, 1.82) is 0 Å². The van der Waals surface area contributed by atoms with Gasteiger partial charge in [0.05, 0.1) is 36.7 Å². The number of rotatable bonds is 4. The molecular formula is C40H47F2N3O6. The number of imidazole rings is 1. The molecule has 6 bridgehead atoms. The molecule has 51 heavy (non-hydrogen) atoms. The number of aliphatic carboxylic acids is 1. The molecular weight excluding hydrogens is 656 g/mol. The van der Waals surface area contributed by atoms with E-state index in [4.69, 9.17) is 23.9 Å². The van der Waals surface area contributed by atoms with Gasteiger partial charge in [-0.05, 0) is 90.1 Å². The predicted octanol–water partition coefficient (Wildman–Crippen LogP) is 8.40. The first-order valence-corrected chi connectivity index (χ1v) is 17.4. The van der Waals surface area contributed by atoms with E-state index in [1.165, 1.54) is 0 Å². The Morgan fingerprint density at radius 1 is 1.12 bits per heavy atom. The second-order valence-electron chi connectivity index (χ2n) is 14.9. The number of carboxylic acid groups (broad SMARTS) is 1. The van der Waals surface area contributed by atoms with E-state index < -0.39 is 41.0 Å². The highest BCUT2D eigenvalue weighted by Gasteiger charge is 2.38. The summed E-state index contributed by atoms with van der Waals surface area (Å²) in [5.74, 6) is -2.23. The van der Waals surface area contributed by atoms with E-state index in [9.17, 15) is 18.7 Å². The molecule has 0 saturated carbocycles. The number of aromatic nitrogens is 2. The maximum Gasteiger partial charge on any atom is 0.337 e. The third-order valence-corrected chi connectivity index (χ3v) is 9.53. The van der Waals surface area contributed by atoms with Crippen LogP contribution in [-0.4, -0.2) is 70.7 Å². The Morgan fingerprint density at radius 3 is 2.47 bits per heavy atom. The van der Waals surface area contributed by atoms with E-state index >= 15 is 0 Å². The number of carbonyl (C=O) groups is 1. The van der Waals surface area contributed by atoms with Crippen molar-refractivity contribution in [3.8, 4) is 28.1 Å². The summed E-state index contributed by atoms with van der Waals surface area (Å²) >= 11 is 0. The molecule has 272 valence electrons. The number of allylic oxidation sites excluding steroid dienone is 1. The highest BCUT2D eigenvalue weighted by molar-refractivity contribution is 5.86. The summed E-state index contributed by atoms with van der Waals surface area (Å²) < 4.78 is 55.9. The summed E-state index contributed by atoms with van der Waals surface area (Å²) in [5.41, 5.74) is 4.46. The van der Waals surface area contributed by atoms with Crippen LogP contribution in [-0.2, 0) is 19.0 Å². The smallest absolute Gasteiger partial charge is 0.337 e. The highest BCUT2D eigenvalue weighted by Crippen LogP contribution is 2.43. The van der Waals surface area contributed by atoms with Crippen molar-refractivity contribution in [2.45, 2.75) is 84.7 Å². The van der Waals surface area contributed by atoms with E-state index in [1.54, 1.807) is 0 Å². The SMILES string of the molecule is C=C(C)c1c(C)c([C@H](OC(C)(C)C)C(=O)O)c2n3cc(nc13)-c1cccc(c1)-c1cc(F)c(F)cc1O[C@@H](C)COCCOC1(C)CCN2CC1. The van der Waals surface area contributed by atoms with Gasteiger partial charge in [0.1, 0.15) is 23.3 Å². The number of halogens is 2. The Labute approximate surface area is 297 Å². The molecule has 1 fully saturated rings. The van der Waals surface area contributed by atoms with Gasteiger partial charge in [0.2, 0.25) is 0 Å². The van der Waals surface area contributed by atoms with Gasteiger partial charge >= 0.3 is 5.97 Å². The molecule has 2 aromatic heterocycles. The van der Waals surface area contributed by atoms with Crippen LogP contribution in [0.5, 0.6) is 5.75 Å². The van der Waals surface area contributed by atoms with E-state index in [1.807, 2.05) is 76.4 Å². The largest absolute Gasteiger partial charge is 0.488 e. The zero-order valence-corrected chi connectivity index (χ0v) is 30.4. The van der Waals surface area contributed by atoms with Crippen molar-refractivity contribution >= 4 is 23.0 Å². The van der Waals surface area contributed by atoms with Gasteiger partial charge in [-0.15, -0.1) is 0 Å². The average molecular weight is 704 g/mol. The standard InChI is InChI=1S/C40H47F2N3O6/c1-23(2)33-25(4)34(35(38(46)47)51-39(5,6)7)37-44-14-12-40(8,13-15-44)49-17-16-48-22-24(3)50-32-20-30(42)29(41)19-28(32)26-10-9-11-27(18-26)31-21-45(37)36(33)43-31/h9-11,18-21,24,35H,1,12-17,22H2,2-8H3,(H,46,47)/t24-,35-/m0/s1. The van der Waals surface area contributed by atoms with Gasteiger partial charge in [0, 0.05) is 47.6 Å².